The molecular weight excluding hydrogens is 212 g/mol. The third-order valence-electron chi connectivity index (χ3n) is 3.38. The van der Waals surface area contributed by atoms with E-state index in [1.165, 1.54) is 24.8 Å². The fourth-order valence-corrected chi connectivity index (χ4v) is 2.53. The van der Waals surface area contributed by atoms with Crippen LogP contribution in [0.25, 0.3) is 0 Å². The lowest BCUT2D eigenvalue weighted by Gasteiger charge is -2.34. The summed E-state index contributed by atoms with van der Waals surface area (Å²) >= 11 is 0. The number of nitrogens with zero attached hydrogens (tertiary/aromatic N) is 2. The van der Waals surface area contributed by atoms with E-state index < -0.39 is 0 Å². The molecule has 1 aromatic heterocycles. The van der Waals surface area contributed by atoms with Crippen molar-refractivity contribution >= 4 is 5.78 Å². The van der Waals surface area contributed by atoms with Crippen molar-refractivity contribution in [1.82, 2.24) is 9.88 Å². The molecule has 3 nitrogen and oxygen atoms in total. The van der Waals surface area contributed by atoms with E-state index in [1.54, 1.807) is 13.1 Å². The van der Waals surface area contributed by atoms with Crippen molar-refractivity contribution in [2.24, 2.45) is 0 Å². The third-order valence-corrected chi connectivity index (χ3v) is 3.38. The maximum absolute atomic E-state index is 11.4. The summed E-state index contributed by atoms with van der Waals surface area (Å²) < 4.78 is 0. The smallest absolute Gasteiger partial charge is 0.131 e. The predicted octanol–water partition coefficient (Wildman–Crippen LogP) is 2.59. The van der Waals surface area contributed by atoms with Gasteiger partial charge in [0.1, 0.15) is 5.78 Å². The van der Waals surface area contributed by atoms with E-state index in [2.05, 4.69) is 16.0 Å². The molecule has 0 N–H and O–H groups in total. The van der Waals surface area contributed by atoms with Crippen molar-refractivity contribution in [3.63, 3.8) is 0 Å². The summed E-state index contributed by atoms with van der Waals surface area (Å²) in [6.45, 7) is 3.88. The lowest BCUT2D eigenvalue weighted by molar-refractivity contribution is -0.118. The van der Waals surface area contributed by atoms with E-state index in [-0.39, 0.29) is 11.8 Å². The molecule has 0 bridgehead atoms. The molecule has 2 heterocycles. The molecule has 1 aromatic rings. The maximum atomic E-state index is 11.4. The first kappa shape index (κ1) is 12.2. The average Bonchev–Trinajstić information content (AvgIpc) is 2.38. The van der Waals surface area contributed by atoms with Crippen LogP contribution in [0, 0.1) is 0 Å². The van der Waals surface area contributed by atoms with Crippen LogP contribution in [-0.4, -0.2) is 28.8 Å². The fourth-order valence-electron chi connectivity index (χ4n) is 2.53. The Balaban J connectivity index is 2.15. The van der Waals surface area contributed by atoms with Crippen LogP contribution < -0.4 is 0 Å². The number of hydrogen-bond donors (Lipinski definition) is 0. The van der Waals surface area contributed by atoms with Gasteiger partial charge < -0.3 is 0 Å². The molecule has 1 unspecified atom stereocenters. The SMILES string of the molecule is CC(=O)CC(c1cccnc1)N1CCCCC1. The molecule has 1 atom stereocenters. The minimum atomic E-state index is 0.224. The van der Waals surface area contributed by atoms with E-state index in [0.717, 1.165) is 13.1 Å². The molecule has 92 valence electrons. The van der Waals surface area contributed by atoms with Crippen LogP contribution in [0.2, 0.25) is 0 Å². The Bertz CT molecular complexity index is 358. The van der Waals surface area contributed by atoms with Crippen LogP contribution in [0.1, 0.15) is 44.2 Å². The van der Waals surface area contributed by atoms with Gasteiger partial charge in [0.25, 0.3) is 0 Å². The molecule has 3 heteroatoms. The number of piperidine rings is 1. The highest BCUT2D eigenvalue weighted by molar-refractivity contribution is 5.76. The minimum absolute atomic E-state index is 0.224. The van der Waals surface area contributed by atoms with E-state index in [1.807, 2.05) is 12.3 Å². The van der Waals surface area contributed by atoms with Crippen molar-refractivity contribution in [3.8, 4) is 0 Å². The molecule has 2 rings (SSSR count). The molecule has 1 saturated heterocycles. The van der Waals surface area contributed by atoms with E-state index in [0.29, 0.717) is 6.42 Å². The Kier molecular flexibility index (Phi) is 4.26. The van der Waals surface area contributed by atoms with Crippen molar-refractivity contribution in [2.75, 3.05) is 13.1 Å². The molecule has 17 heavy (non-hydrogen) atoms. The molecular formula is C14H20N2O. The summed E-state index contributed by atoms with van der Waals surface area (Å²) in [5, 5.41) is 0. The number of hydrogen-bond acceptors (Lipinski definition) is 3. The van der Waals surface area contributed by atoms with Gasteiger partial charge in [-0.15, -0.1) is 0 Å². The highest BCUT2D eigenvalue weighted by Gasteiger charge is 2.23. The summed E-state index contributed by atoms with van der Waals surface area (Å²) in [6, 6.07) is 4.25. The Morgan fingerprint density at radius 3 is 2.76 bits per heavy atom. The van der Waals surface area contributed by atoms with Crippen molar-refractivity contribution < 1.29 is 4.79 Å². The van der Waals surface area contributed by atoms with Crippen LogP contribution in [0.3, 0.4) is 0 Å². The summed E-state index contributed by atoms with van der Waals surface area (Å²) in [4.78, 5) is 18.0. The van der Waals surface area contributed by atoms with Crippen LogP contribution in [0.4, 0.5) is 0 Å². The van der Waals surface area contributed by atoms with Crippen LogP contribution in [0.5, 0.6) is 0 Å². The Hall–Kier alpha value is -1.22. The Morgan fingerprint density at radius 2 is 2.18 bits per heavy atom. The highest BCUT2D eigenvalue weighted by Crippen LogP contribution is 2.27. The topological polar surface area (TPSA) is 33.2 Å². The largest absolute Gasteiger partial charge is 0.300 e. The summed E-state index contributed by atoms with van der Waals surface area (Å²) in [6.07, 6.45) is 8.08. The van der Waals surface area contributed by atoms with E-state index in [4.69, 9.17) is 0 Å². The van der Waals surface area contributed by atoms with Gasteiger partial charge in [0.05, 0.1) is 0 Å². The number of ketones is 1. The van der Waals surface area contributed by atoms with Crippen molar-refractivity contribution in [3.05, 3.63) is 30.1 Å². The molecule has 0 aliphatic carbocycles. The first-order valence-corrected chi connectivity index (χ1v) is 6.41. The molecule has 0 saturated carbocycles. The average molecular weight is 232 g/mol. The maximum Gasteiger partial charge on any atom is 0.131 e. The molecule has 1 aliphatic heterocycles. The van der Waals surface area contributed by atoms with E-state index in [9.17, 15) is 4.79 Å². The Labute approximate surface area is 103 Å². The molecule has 0 radical (unpaired) electrons. The first-order chi connectivity index (χ1) is 8.27. The van der Waals surface area contributed by atoms with Crippen molar-refractivity contribution in [2.45, 2.75) is 38.6 Å². The second-order valence-corrected chi connectivity index (χ2v) is 4.80. The van der Waals surface area contributed by atoms with Gasteiger partial charge in [-0.3, -0.25) is 14.7 Å². The number of carbonyl (C=O) groups is 1. The number of Topliss-reactive ketones (excluding diaryl/α,β-unsaturated/α-hetero) is 1. The first-order valence-electron chi connectivity index (χ1n) is 6.41. The fraction of sp³-hybridized carbons (Fsp3) is 0.571. The standard InChI is InChI=1S/C14H20N2O/c1-12(17)10-14(13-6-5-7-15-11-13)16-8-3-2-4-9-16/h5-7,11,14H,2-4,8-10H2,1H3. The zero-order chi connectivity index (χ0) is 12.1. The number of pyridine rings is 1. The monoisotopic (exact) mass is 232 g/mol. The lowest BCUT2D eigenvalue weighted by Crippen LogP contribution is -2.34. The second-order valence-electron chi connectivity index (χ2n) is 4.80. The van der Waals surface area contributed by atoms with Gasteiger partial charge in [0.15, 0.2) is 0 Å². The van der Waals surface area contributed by atoms with E-state index >= 15 is 0 Å². The quantitative estimate of drug-likeness (QED) is 0.800. The predicted molar refractivity (Wildman–Crippen MR) is 67.7 cm³/mol. The van der Waals surface area contributed by atoms with Gasteiger partial charge in [-0.05, 0) is 44.5 Å². The zero-order valence-electron chi connectivity index (χ0n) is 10.4. The summed E-state index contributed by atoms with van der Waals surface area (Å²) in [7, 11) is 0. The molecule has 0 spiro atoms. The number of aromatic nitrogens is 1. The van der Waals surface area contributed by atoms with Crippen molar-refractivity contribution in [1.29, 1.82) is 0 Å². The second kappa shape index (κ2) is 5.92. The van der Waals surface area contributed by atoms with Gasteiger partial charge >= 0.3 is 0 Å². The normalized spacial score (nSPS) is 18.9. The molecule has 0 aromatic carbocycles. The van der Waals surface area contributed by atoms with Gasteiger partial charge in [0, 0.05) is 24.9 Å². The summed E-state index contributed by atoms with van der Waals surface area (Å²) in [5.74, 6) is 0.254. The van der Waals surface area contributed by atoms with Gasteiger partial charge in [-0.1, -0.05) is 12.5 Å². The molecule has 1 fully saturated rings. The molecule has 1 aliphatic rings. The van der Waals surface area contributed by atoms with Gasteiger partial charge in [-0.25, -0.2) is 0 Å². The lowest BCUT2D eigenvalue weighted by atomic mass is 9.99. The van der Waals surface area contributed by atoms with Crippen LogP contribution >= 0.6 is 0 Å². The highest BCUT2D eigenvalue weighted by atomic mass is 16.1. The Morgan fingerprint density at radius 1 is 1.41 bits per heavy atom. The minimum Gasteiger partial charge on any atom is -0.300 e. The third kappa shape index (κ3) is 3.37. The molecule has 0 amide bonds. The number of carbonyl (C=O) groups excluding carboxylic acids is 1. The van der Waals surface area contributed by atoms with Crippen LogP contribution in [0.15, 0.2) is 24.5 Å². The van der Waals surface area contributed by atoms with Crippen LogP contribution in [-0.2, 0) is 4.79 Å². The number of likely N-dealkylation sites (tertiary alicyclic amines) is 1. The summed E-state index contributed by atoms with van der Waals surface area (Å²) in [5.41, 5.74) is 1.17. The van der Waals surface area contributed by atoms with Gasteiger partial charge in [-0.2, -0.15) is 0 Å². The van der Waals surface area contributed by atoms with Gasteiger partial charge in [0.2, 0.25) is 0 Å². The zero-order valence-corrected chi connectivity index (χ0v) is 10.4. The number of rotatable bonds is 4.